The monoisotopic (exact) mass is 355 g/mol. The van der Waals surface area contributed by atoms with Crippen LogP contribution in [0.1, 0.15) is 24.5 Å². The molecule has 0 aliphatic carbocycles. The summed E-state index contributed by atoms with van der Waals surface area (Å²) in [5, 5.41) is 12.8. The van der Waals surface area contributed by atoms with Gasteiger partial charge in [-0.1, -0.05) is 67.6 Å². The highest BCUT2D eigenvalue weighted by Crippen LogP contribution is 2.53. The van der Waals surface area contributed by atoms with E-state index in [1.54, 1.807) is 11.6 Å². The molecule has 25 heavy (non-hydrogen) atoms. The first-order valence-electron chi connectivity index (χ1n) is 8.36. The van der Waals surface area contributed by atoms with Gasteiger partial charge in [0.2, 0.25) is 0 Å². The number of hydrogen-bond donors (Lipinski definition) is 2. The summed E-state index contributed by atoms with van der Waals surface area (Å²) < 4.78 is 19.4. The van der Waals surface area contributed by atoms with Crippen LogP contribution in [0.4, 0.5) is 0 Å². The fourth-order valence-corrected chi connectivity index (χ4v) is 4.37. The summed E-state index contributed by atoms with van der Waals surface area (Å²) in [4.78, 5) is 0. The van der Waals surface area contributed by atoms with E-state index >= 15 is 0 Å². The Labute approximate surface area is 148 Å². The molecule has 0 bridgehead atoms. The van der Waals surface area contributed by atoms with Gasteiger partial charge in [0.1, 0.15) is 11.5 Å². The van der Waals surface area contributed by atoms with Crippen LogP contribution >= 0.6 is 7.29 Å². The van der Waals surface area contributed by atoms with Crippen molar-refractivity contribution in [3.8, 4) is 0 Å². The average Bonchev–Trinajstić information content (AvgIpc) is 2.67. The third-order valence-corrected chi connectivity index (χ3v) is 5.91. The Balaban J connectivity index is 1.96. The molecule has 0 spiro atoms. The first-order valence-corrected chi connectivity index (χ1v) is 10.2. The van der Waals surface area contributed by atoms with Crippen LogP contribution in [0.3, 0.4) is 0 Å². The van der Waals surface area contributed by atoms with E-state index in [-0.39, 0.29) is 6.54 Å². The van der Waals surface area contributed by atoms with Crippen molar-refractivity contribution in [1.82, 2.24) is 5.09 Å². The second-order valence-electron chi connectivity index (χ2n) is 5.95. The van der Waals surface area contributed by atoms with E-state index in [0.717, 1.165) is 11.1 Å². The van der Waals surface area contributed by atoms with Gasteiger partial charge in [0, 0.05) is 29.3 Å². The Morgan fingerprint density at radius 1 is 0.960 bits per heavy atom. The maximum atomic E-state index is 13.4. The number of benzene rings is 2. The fraction of sp³-hybridized carbons (Fsp3) is 0.200. The van der Waals surface area contributed by atoms with Gasteiger partial charge in [-0.25, -0.2) is 0 Å². The molecule has 130 valence electrons. The second-order valence-corrected chi connectivity index (χ2v) is 8.21. The van der Waals surface area contributed by atoms with Crippen molar-refractivity contribution < 1.29 is 14.4 Å². The highest BCUT2D eigenvalue weighted by molar-refractivity contribution is 7.68. The Bertz CT molecular complexity index is 756. The quantitative estimate of drug-likeness (QED) is 0.741. The molecule has 1 aliphatic heterocycles. The Hall–Kier alpha value is -2.13. The molecule has 0 amide bonds. The number of aliphatic hydroxyl groups excluding tert-OH is 1. The van der Waals surface area contributed by atoms with E-state index in [0.29, 0.717) is 17.9 Å². The van der Waals surface area contributed by atoms with Crippen LogP contribution in [0.15, 0.2) is 72.3 Å². The van der Waals surface area contributed by atoms with Crippen LogP contribution in [0, 0.1) is 0 Å². The maximum absolute atomic E-state index is 13.4. The summed E-state index contributed by atoms with van der Waals surface area (Å²) in [6.45, 7) is 2.16. The predicted octanol–water partition coefficient (Wildman–Crippen LogP) is 4.65. The molecule has 1 atom stereocenters. The lowest BCUT2D eigenvalue weighted by atomic mass is 10.2. The topological polar surface area (TPSA) is 58.6 Å². The fourth-order valence-electron chi connectivity index (χ4n) is 2.51. The normalized spacial score (nSPS) is 17.2. The lowest BCUT2D eigenvalue weighted by Crippen LogP contribution is -2.23. The minimum Gasteiger partial charge on any atom is -0.456 e. The molecule has 4 nitrogen and oxygen atoms in total. The number of ether oxygens (including phenoxy) is 1. The number of rotatable bonds is 6. The summed E-state index contributed by atoms with van der Waals surface area (Å²) in [5.41, 5.74) is 1.73. The van der Waals surface area contributed by atoms with Gasteiger partial charge in [0.25, 0.3) is 0 Å². The summed E-state index contributed by atoms with van der Waals surface area (Å²) >= 11 is 0. The van der Waals surface area contributed by atoms with Gasteiger partial charge in [-0.3, -0.25) is 9.65 Å². The molecule has 0 fully saturated rings. The minimum atomic E-state index is -2.98. The predicted molar refractivity (Wildman–Crippen MR) is 102 cm³/mol. The molecule has 2 aromatic carbocycles. The molecule has 2 aromatic rings. The van der Waals surface area contributed by atoms with Gasteiger partial charge in [-0.05, 0) is 6.42 Å². The van der Waals surface area contributed by atoms with Crippen molar-refractivity contribution in [1.29, 1.82) is 0 Å². The molecule has 0 saturated carbocycles. The summed E-state index contributed by atoms with van der Waals surface area (Å²) in [7, 11) is -2.98. The van der Waals surface area contributed by atoms with E-state index in [1.165, 1.54) is 0 Å². The lowest BCUT2D eigenvalue weighted by Gasteiger charge is -2.24. The SMILES string of the molecule is CC[C@H](O)CNP1(=O)C=C(c2ccccc2)OC(c2ccccc2)=C1. The van der Waals surface area contributed by atoms with Gasteiger partial charge in [0.05, 0.1) is 6.10 Å². The molecule has 0 aromatic heterocycles. The molecule has 0 saturated heterocycles. The lowest BCUT2D eigenvalue weighted by molar-refractivity contribution is 0.174. The van der Waals surface area contributed by atoms with E-state index in [1.807, 2.05) is 67.6 Å². The smallest absolute Gasteiger partial charge is 0.198 e. The Morgan fingerprint density at radius 3 is 1.88 bits per heavy atom. The standard InChI is InChI=1S/C20H22NO3P/c1-2-18(22)13-21-25(23)14-19(16-9-5-3-6-10-16)24-20(15-25)17-11-7-4-8-12-17/h3-12,14-15,18,22H,2,13H2,1H3,(H,21,23)/t18-/m0/s1. The van der Waals surface area contributed by atoms with Crippen LogP contribution < -0.4 is 5.09 Å². The Kier molecular flexibility index (Phi) is 5.54. The molecule has 5 heteroatoms. The highest BCUT2D eigenvalue weighted by Gasteiger charge is 2.27. The molecular weight excluding hydrogens is 333 g/mol. The van der Waals surface area contributed by atoms with Gasteiger partial charge in [-0.15, -0.1) is 0 Å². The van der Waals surface area contributed by atoms with Crippen molar-refractivity contribution in [3.05, 3.63) is 83.4 Å². The van der Waals surface area contributed by atoms with Gasteiger partial charge in [0.15, 0.2) is 7.29 Å². The highest BCUT2D eigenvalue weighted by atomic mass is 31.2. The summed E-state index contributed by atoms with van der Waals surface area (Å²) in [5.74, 6) is 4.39. The van der Waals surface area contributed by atoms with Crippen LogP contribution in [0.2, 0.25) is 0 Å². The van der Waals surface area contributed by atoms with Crippen molar-refractivity contribution >= 4 is 18.8 Å². The minimum absolute atomic E-state index is 0.269. The first-order chi connectivity index (χ1) is 12.1. The molecule has 0 unspecified atom stereocenters. The molecule has 3 rings (SSSR count). The van der Waals surface area contributed by atoms with E-state index in [9.17, 15) is 9.67 Å². The summed E-state index contributed by atoms with van der Waals surface area (Å²) in [6, 6.07) is 19.2. The van der Waals surface area contributed by atoms with Gasteiger partial charge < -0.3 is 9.84 Å². The number of aliphatic hydroxyl groups is 1. The van der Waals surface area contributed by atoms with Crippen molar-refractivity contribution in [2.24, 2.45) is 0 Å². The van der Waals surface area contributed by atoms with Crippen molar-refractivity contribution in [3.63, 3.8) is 0 Å². The van der Waals surface area contributed by atoms with Gasteiger partial charge in [-0.2, -0.15) is 0 Å². The van der Waals surface area contributed by atoms with E-state index < -0.39 is 13.4 Å². The van der Waals surface area contributed by atoms with Crippen molar-refractivity contribution in [2.75, 3.05) is 6.54 Å². The van der Waals surface area contributed by atoms with E-state index in [2.05, 4.69) is 5.09 Å². The van der Waals surface area contributed by atoms with Crippen LogP contribution in [-0.2, 0) is 9.30 Å². The molecule has 1 heterocycles. The van der Waals surface area contributed by atoms with Gasteiger partial charge >= 0.3 is 0 Å². The largest absolute Gasteiger partial charge is 0.456 e. The molecule has 2 N–H and O–H groups in total. The zero-order valence-corrected chi connectivity index (χ0v) is 15.0. The zero-order valence-electron chi connectivity index (χ0n) is 14.1. The van der Waals surface area contributed by atoms with E-state index in [4.69, 9.17) is 4.74 Å². The first kappa shape index (κ1) is 17.7. The number of hydrogen-bond acceptors (Lipinski definition) is 3. The van der Waals surface area contributed by atoms with Crippen LogP contribution in [-0.4, -0.2) is 17.8 Å². The molecular formula is C20H22NO3P. The van der Waals surface area contributed by atoms with Crippen molar-refractivity contribution in [2.45, 2.75) is 19.4 Å². The Morgan fingerprint density at radius 2 is 1.44 bits per heavy atom. The summed E-state index contributed by atoms with van der Waals surface area (Å²) in [6.07, 6.45) is 0.0735. The second kappa shape index (κ2) is 7.83. The molecule has 1 aliphatic rings. The third kappa shape index (κ3) is 4.49. The zero-order chi connectivity index (χ0) is 17.7. The maximum Gasteiger partial charge on any atom is 0.198 e. The third-order valence-electron chi connectivity index (χ3n) is 4.00. The number of nitrogens with one attached hydrogen (secondary N) is 1. The molecule has 0 radical (unpaired) electrons. The van der Waals surface area contributed by atoms with Crippen LogP contribution in [0.25, 0.3) is 11.5 Å². The average molecular weight is 355 g/mol. The van der Waals surface area contributed by atoms with Crippen LogP contribution in [0.5, 0.6) is 0 Å².